The molecule has 1 aliphatic carbocycles. The lowest BCUT2D eigenvalue weighted by molar-refractivity contribution is -0.153. The predicted octanol–water partition coefficient (Wildman–Crippen LogP) is 0.703. The molecule has 1 fully saturated rings. The number of H-pyrrole nitrogens is 1. The number of aryl methyl sites for hydroxylation is 1. The highest BCUT2D eigenvalue weighted by Gasteiger charge is 2.44. The first kappa shape index (κ1) is 11.6. The number of nitrogens with one attached hydrogen (secondary N) is 2. The topological polar surface area (TPSA) is 95.1 Å². The molecule has 1 heterocycles. The number of hydrogen-bond acceptors (Lipinski definition) is 3. The van der Waals surface area contributed by atoms with E-state index in [4.69, 9.17) is 5.11 Å². The number of aromatic nitrogens is 2. The Bertz CT molecular complexity index is 449. The average Bonchev–Trinajstić information content (AvgIpc) is 2.62. The molecule has 0 aliphatic heterocycles. The first-order valence-electron chi connectivity index (χ1n) is 5.57. The van der Waals surface area contributed by atoms with Crippen LogP contribution < -0.4 is 5.32 Å². The number of carboxylic acids is 1. The van der Waals surface area contributed by atoms with Crippen molar-refractivity contribution in [2.45, 2.75) is 26.2 Å². The van der Waals surface area contributed by atoms with E-state index in [0.29, 0.717) is 24.1 Å². The van der Waals surface area contributed by atoms with Crippen molar-refractivity contribution in [1.82, 2.24) is 15.5 Å². The van der Waals surface area contributed by atoms with Crippen LogP contribution in [0.25, 0.3) is 0 Å². The molecule has 0 spiro atoms. The van der Waals surface area contributed by atoms with Gasteiger partial charge in [-0.2, -0.15) is 5.10 Å². The van der Waals surface area contributed by atoms with Gasteiger partial charge in [0.15, 0.2) is 0 Å². The molecule has 3 N–H and O–H groups in total. The minimum absolute atomic E-state index is 0.186. The molecule has 0 saturated heterocycles. The summed E-state index contributed by atoms with van der Waals surface area (Å²) in [6.45, 7) is 1.93. The van der Waals surface area contributed by atoms with Gasteiger partial charge in [0.2, 0.25) is 0 Å². The lowest BCUT2D eigenvalue weighted by Crippen LogP contribution is -2.47. The molecular weight excluding hydrogens is 222 g/mol. The van der Waals surface area contributed by atoms with Crippen molar-refractivity contribution in [2.24, 2.45) is 5.41 Å². The molecular formula is C11H15N3O3. The maximum absolute atomic E-state index is 11.8. The minimum Gasteiger partial charge on any atom is -0.481 e. The third kappa shape index (κ3) is 2.02. The highest BCUT2D eigenvalue weighted by molar-refractivity contribution is 5.95. The van der Waals surface area contributed by atoms with Crippen LogP contribution in [0.15, 0.2) is 6.20 Å². The van der Waals surface area contributed by atoms with Crippen LogP contribution in [-0.2, 0) is 4.79 Å². The summed E-state index contributed by atoms with van der Waals surface area (Å²) in [6, 6.07) is 0. The Hall–Kier alpha value is -1.85. The van der Waals surface area contributed by atoms with Gasteiger partial charge in [-0.15, -0.1) is 0 Å². The van der Waals surface area contributed by atoms with Crippen molar-refractivity contribution in [3.63, 3.8) is 0 Å². The maximum atomic E-state index is 11.8. The van der Waals surface area contributed by atoms with E-state index in [-0.39, 0.29) is 12.5 Å². The van der Waals surface area contributed by atoms with E-state index in [0.717, 1.165) is 6.42 Å². The van der Waals surface area contributed by atoms with Gasteiger partial charge in [-0.3, -0.25) is 14.7 Å². The van der Waals surface area contributed by atoms with Crippen LogP contribution in [0.2, 0.25) is 0 Å². The zero-order valence-electron chi connectivity index (χ0n) is 9.62. The second-order valence-corrected chi connectivity index (χ2v) is 4.53. The smallest absolute Gasteiger partial charge is 0.311 e. The number of aliphatic carboxylic acids is 1. The number of amides is 1. The van der Waals surface area contributed by atoms with Gasteiger partial charge >= 0.3 is 5.97 Å². The third-order valence-corrected chi connectivity index (χ3v) is 3.43. The summed E-state index contributed by atoms with van der Waals surface area (Å²) in [6.07, 6.45) is 3.62. The molecule has 6 heteroatoms. The molecule has 1 aromatic heterocycles. The van der Waals surface area contributed by atoms with Gasteiger partial charge in [-0.25, -0.2) is 0 Å². The second kappa shape index (κ2) is 4.20. The van der Waals surface area contributed by atoms with Crippen LogP contribution in [0.3, 0.4) is 0 Å². The number of rotatable bonds is 4. The largest absolute Gasteiger partial charge is 0.481 e. The van der Waals surface area contributed by atoms with E-state index in [9.17, 15) is 9.59 Å². The molecule has 0 atom stereocenters. The Balaban J connectivity index is 1.97. The van der Waals surface area contributed by atoms with Crippen LogP contribution in [0, 0.1) is 12.3 Å². The number of carbonyl (C=O) groups is 2. The molecule has 6 nitrogen and oxygen atoms in total. The molecule has 1 aliphatic rings. The molecule has 0 aromatic carbocycles. The Morgan fingerprint density at radius 3 is 2.71 bits per heavy atom. The van der Waals surface area contributed by atoms with E-state index in [1.54, 1.807) is 6.92 Å². The summed E-state index contributed by atoms with van der Waals surface area (Å²) >= 11 is 0. The number of hydrogen-bond donors (Lipinski definition) is 3. The number of carboxylic acid groups (broad SMARTS) is 1. The molecule has 1 aromatic rings. The van der Waals surface area contributed by atoms with E-state index in [1.807, 2.05) is 0 Å². The lowest BCUT2D eigenvalue weighted by atomic mass is 9.69. The molecule has 0 unspecified atom stereocenters. The first-order valence-corrected chi connectivity index (χ1v) is 5.57. The van der Waals surface area contributed by atoms with E-state index in [1.165, 1.54) is 6.20 Å². The summed E-state index contributed by atoms with van der Waals surface area (Å²) < 4.78 is 0. The number of nitrogens with zero attached hydrogens (tertiary/aromatic N) is 1. The molecule has 1 amide bonds. The average molecular weight is 237 g/mol. The normalized spacial score (nSPS) is 17.2. The molecule has 17 heavy (non-hydrogen) atoms. The fraction of sp³-hybridized carbons (Fsp3) is 0.545. The SMILES string of the molecule is Cc1[nH]ncc1C(=O)NCC1(C(=O)O)CCC1. The summed E-state index contributed by atoms with van der Waals surface area (Å²) in [7, 11) is 0. The summed E-state index contributed by atoms with van der Waals surface area (Å²) in [4.78, 5) is 22.9. The zero-order valence-corrected chi connectivity index (χ0v) is 9.62. The highest BCUT2D eigenvalue weighted by Crippen LogP contribution is 2.40. The molecule has 0 radical (unpaired) electrons. The maximum Gasteiger partial charge on any atom is 0.311 e. The van der Waals surface area contributed by atoms with Crippen molar-refractivity contribution in [1.29, 1.82) is 0 Å². The van der Waals surface area contributed by atoms with Crippen molar-refractivity contribution in [2.75, 3.05) is 6.54 Å². The summed E-state index contributed by atoms with van der Waals surface area (Å²) in [5, 5.41) is 18.2. The van der Waals surface area contributed by atoms with Gasteiger partial charge in [0, 0.05) is 12.2 Å². The third-order valence-electron chi connectivity index (χ3n) is 3.43. The van der Waals surface area contributed by atoms with Crippen molar-refractivity contribution < 1.29 is 14.7 Å². The van der Waals surface area contributed by atoms with Gasteiger partial charge in [-0.05, 0) is 19.8 Å². The Kier molecular flexibility index (Phi) is 2.87. The number of aromatic amines is 1. The quantitative estimate of drug-likeness (QED) is 0.718. The zero-order chi connectivity index (χ0) is 12.5. The van der Waals surface area contributed by atoms with Crippen LogP contribution in [0.4, 0.5) is 0 Å². The molecule has 92 valence electrons. The van der Waals surface area contributed by atoms with Crippen LogP contribution in [0.1, 0.15) is 35.3 Å². The number of carbonyl (C=O) groups excluding carboxylic acids is 1. The summed E-state index contributed by atoms with van der Waals surface area (Å²) in [5.74, 6) is -1.10. The van der Waals surface area contributed by atoms with E-state index in [2.05, 4.69) is 15.5 Å². The second-order valence-electron chi connectivity index (χ2n) is 4.53. The van der Waals surface area contributed by atoms with Crippen molar-refractivity contribution in [3.8, 4) is 0 Å². The van der Waals surface area contributed by atoms with Crippen LogP contribution in [-0.4, -0.2) is 33.7 Å². The molecule has 0 bridgehead atoms. The predicted molar refractivity (Wildman–Crippen MR) is 59.6 cm³/mol. The minimum atomic E-state index is -0.826. The van der Waals surface area contributed by atoms with Gasteiger partial charge in [0.05, 0.1) is 17.2 Å². The van der Waals surface area contributed by atoms with Gasteiger partial charge in [-0.1, -0.05) is 6.42 Å². The van der Waals surface area contributed by atoms with E-state index >= 15 is 0 Å². The monoisotopic (exact) mass is 237 g/mol. The fourth-order valence-corrected chi connectivity index (χ4v) is 1.99. The Morgan fingerprint density at radius 2 is 2.29 bits per heavy atom. The van der Waals surface area contributed by atoms with Crippen molar-refractivity contribution in [3.05, 3.63) is 17.5 Å². The molecule has 1 saturated carbocycles. The standard InChI is InChI=1S/C11H15N3O3/c1-7-8(5-13-14-7)9(15)12-6-11(10(16)17)3-2-4-11/h5H,2-4,6H2,1H3,(H,12,15)(H,13,14)(H,16,17). The molecule has 2 rings (SSSR count). The Morgan fingerprint density at radius 1 is 1.59 bits per heavy atom. The Labute approximate surface area is 98.4 Å². The van der Waals surface area contributed by atoms with Crippen LogP contribution >= 0.6 is 0 Å². The van der Waals surface area contributed by atoms with Crippen LogP contribution in [0.5, 0.6) is 0 Å². The summed E-state index contributed by atoms with van der Waals surface area (Å²) in [5.41, 5.74) is 0.387. The van der Waals surface area contributed by atoms with Gasteiger partial charge in [0.1, 0.15) is 0 Å². The first-order chi connectivity index (χ1) is 8.05. The highest BCUT2D eigenvalue weighted by atomic mass is 16.4. The fourth-order valence-electron chi connectivity index (χ4n) is 1.99. The van der Waals surface area contributed by atoms with E-state index < -0.39 is 11.4 Å². The van der Waals surface area contributed by atoms with Gasteiger partial charge < -0.3 is 10.4 Å². The lowest BCUT2D eigenvalue weighted by Gasteiger charge is -2.37. The van der Waals surface area contributed by atoms with Gasteiger partial charge in [0.25, 0.3) is 5.91 Å². The van der Waals surface area contributed by atoms with Crippen molar-refractivity contribution >= 4 is 11.9 Å².